The molecule has 98 valence electrons. The van der Waals surface area contributed by atoms with Crippen LogP contribution in [0.15, 0.2) is 17.6 Å². The topological polar surface area (TPSA) is 39.9 Å². The Balaban J connectivity index is 2.30. The molecule has 0 bridgehead atoms. The summed E-state index contributed by atoms with van der Waals surface area (Å²) >= 11 is 1.47. The van der Waals surface area contributed by atoms with Gasteiger partial charge in [0.15, 0.2) is 11.6 Å². The molecule has 0 aliphatic heterocycles. The van der Waals surface area contributed by atoms with Crippen molar-refractivity contribution in [1.29, 1.82) is 5.26 Å². The van der Waals surface area contributed by atoms with Gasteiger partial charge < -0.3 is 4.90 Å². The monoisotopic (exact) mass is 279 g/mol. The SMILES string of the molecule is Cc1ncsc1CN(C)c1ccc(C#N)c(F)c1F. The van der Waals surface area contributed by atoms with Crippen LogP contribution in [0.3, 0.4) is 0 Å². The number of halogens is 2. The van der Waals surface area contributed by atoms with Crippen molar-refractivity contribution in [2.45, 2.75) is 13.5 Å². The van der Waals surface area contributed by atoms with Crippen LogP contribution in [0.5, 0.6) is 0 Å². The molecule has 0 N–H and O–H groups in total. The second kappa shape index (κ2) is 5.33. The predicted octanol–water partition coefficient (Wildman–Crippen LogP) is 3.24. The standard InChI is InChI=1S/C13H11F2N3S/c1-8-11(19-7-17-8)6-18(2)10-4-3-9(5-16)12(14)13(10)15/h3-4,7H,6H2,1-2H3. The van der Waals surface area contributed by atoms with E-state index in [4.69, 9.17) is 5.26 Å². The number of aryl methyl sites for hydroxylation is 1. The Morgan fingerprint density at radius 1 is 1.37 bits per heavy atom. The molecule has 0 aliphatic rings. The molecule has 0 amide bonds. The molecule has 0 saturated heterocycles. The molecule has 0 saturated carbocycles. The second-order valence-corrected chi connectivity index (χ2v) is 5.03. The van der Waals surface area contributed by atoms with E-state index in [-0.39, 0.29) is 11.3 Å². The third-order valence-electron chi connectivity index (χ3n) is 2.82. The maximum Gasteiger partial charge on any atom is 0.183 e. The molecule has 1 heterocycles. The Labute approximate surface area is 113 Å². The molecular weight excluding hydrogens is 268 g/mol. The van der Waals surface area contributed by atoms with Crippen LogP contribution >= 0.6 is 11.3 Å². The second-order valence-electron chi connectivity index (χ2n) is 4.09. The lowest BCUT2D eigenvalue weighted by molar-refractivity contribution is 0.505. The van der Waals surface area contributed by atoms with Gasteiger partial charge in [0.05, 0.1) is 29.0 Å². The van der Waals surface area contributed by atoms with Gasteiger partial charge in [-0.1, -0.05) is 0 Å². The van der Waals surface area contributed by atoms with E-state index >= 15 is 0 Å². The number of rotatable bonds is 3. The van der Waals surface area contributed by atoms with E-state index in [1.165, 1.54) is 23.5 Å². The number of hydrogen-bond acceptors (Lipinski definition) is 4. The van der Waals surface area contributed by atoms with Crippen molar-refractivity contribution in [2.24, 2.45) is 0 Å². The van der Waals surface area contributed by atoms with E-state index in [0.29, 0.717) is 6.54 Å². The van der Waals surface area contributed by atoms with Gasteiger partial charge in [0.2, 0.25) is 0 Å². The first-order valence-corrected chi connectivity index (χ1v) is 6.40. The summed E-state index contributed by atoms with van der Waals surface area (Å²) in [5.41, 5.74) is 2.44. The van der Waals surface area contributed by atoms with Crippen molar-refractivity contribution in [3.63, 3.8) is 0 Å². The molecule has 3 nitrogen and oxygen atoms in total. The average molecular weight is 279 g/mol. The molecule has 6 heteroatoms. The lowest BCUT2D eigenvalue weighted by Crippen LogP contribution is -2.18. The molecule has 1 aromatic carbocycles. The van der Waals surface area contributed by atoms with Gasteiger partial charge in [0, 0.05) is 11.9 Å². The Kier molecular flexibility index (Phi) is 3.76. The van der Waals surface area contributed by atoms with Crippen molar-refractivity contribution in [1.82, 2.24) is 4.98 Å². The zero-order chi connectivity index (χ0) is 14.0. The Morgan fingerprint density at radius 2 is 2.11 bits per heavy atom. The van der Waals surface area contributed by atoms with Crippen molar-refractivity contribution >= 4 is 17.0 Å². The molecule has 2 rings (SSSR count). The zero-order valence-corrected chi connectivity index (χ0v) is 11.3. The van der Waals surface area contributed by atoms with Gasteiger partial charge in [-0.3, -0.25) is 0 Å². The third kappa shape index (κ3) is 2.56. The molecule has 0 spiro atoms. The van der Waals surface area contributed by atoms with Crippen LogP contribution in [0.1, 0.15) is 16.1 Å². The van der Waals surface area contributed by atoms with E-state index in [1.807, 2.05) is 6.92 Å². The summed E-state index contributed by atoms with van der Waals surface area (Å²) in [7, 11) is 1.67. The van der Waals surface area contributed by atoms with Crippen LogP contribution < -0.4 is 4.90 Å². The largest absolute Gasteiger partial charge is 0.367 e. The van der Waals surface area contributed by atoms with Gasteiger partial charge in [0.1, 0.15) is 6.07 Å². The Hall–Kier alpha value is -2.00. The predicted molar refractivity (Wildman–Crippen MR) is 70.0 cm³/mol. The van der Waals surface area contributed by atoms with Crippen LogP contribution in [0.2, 0.25) is 0 Å². The number of thiazole rings is 1. The highest BCUT2D eigenvalue weighted by Crippen LogP contribution is 2.25. The van der Waals surface area contributed by atoms with E-state index in [1.54, 1.807) is 23.5 Å². The van der Waals surface area contributed by atoms with Gasteiger partial charge >= 0.3 is 0 Å². The van der Waals surface area contributed by atoms with Crippen molar-refractivity contribution in [3.05, 3.63) is 45.4 Å². The zero-order valence-electron chi connectivity index (χ0n) is 10.4. The molecular formula is C13H11F2N3S. The number of nitrogens with zero attached hydrogens (tertiary/aromatic N) is 3. The first kappa shape index (κ1) is 13.4. The fraction of sp³-hybridized carbons (Fsp3) is 0.231. The Bertz CT molecular complexity index is 646. The number of nitriles is 1. The van der Waals surface area contributed by atoms with Crippen molar-refractivity contribution < 1.29 is 8.78 Å². The van der Waals surface area contributed by atoms with Crippen LogP contribution in [0, 0.1) is 29.9 Å². The molecule has 0 atom stereocenters. The first-order chi connectivity index (χ1) is 9.04. The van der Waals surface area contributed by atoms with Crippen LogP contribution in [0.4, 0.5) is 14.5 Å². The molecule has 0 fully saturated rings. The van der Waals surface area contributed by atoms with Crippen molar-refractivity contribution in [3.8, 4) is 6.07 Å². The Morgan fingerprint density at radius 3 is 2.68 bits per heavy atom. The van der Waals surface area contributed by atoms with Gasteiger partial charge in [-0.15, -0.1) is 11.3 Å². The molecule has 1 aromatic heterocycles. The van der Waals surface area contributed by atoms with Crippen LogP contribution in [0.25, 0.3) is 0 Å². The number of benzene rings is 1. The summed E-state index contributed by atoms with van der Waals surface area (Å²) in [6.45, 7) is 2.31. The van der Waals surface area contributed by atoms with Crippen molar-refractivity contribution in [2.75, 3.05) is 11.9 Å². The van der Waals surface area contributed by atoms with E-state index in [9.17, 15) is 8.78 Å². The lowest BCUT2D eigenvalue weighted by Gasteiger charge is -2.19. The average Bonchev–Trinajstić information content (AvgIpc) is 2.78. The highest BCUT2D eigenvalue weighted by Gasteiger charge is 2.17. The normalized spacial score (nSPS) is 10.3. The smallest absolute Gasteiger partial charge is 0.183 e. The molecule has 0 radical (unpaired) electrons. The molecule has 2 aromatic rings. The summed E-state index contributed by atoms with van der Waals surface area (Å²) in [6, 6.07) is 4.31. The summed E-state index contributed by atoms with van der Waals surface area (Å²) < 4.78 is 27.4. The van der Waals surface area contributed by atoms with E-state index < -0.39 is 11.6 Å². The maximum atomic E-state index is 13.8. The number of hydrogen-bond donors (Lipinski definition) is 0. The summed E-state index contributed by atoms with van der Waals surface area (Å²) in [4.78, 5) is 6.70. The fourth-order valence-electron chi connectivity index (χ4n) is 1.70. The van der Waals surface area contributed by atoms with Gasteiger partial charge in [-0.05, 0) is 19.1 Å². The van der Waals surface area contributed by atoms with E-state index in [2.05, 4.69) is 4.98 Å². The number of aromatic nitrogens is 1. The van der Waals surface area contributed by atoms with Gasteiger partial charge in [0.25, 0.3) is 0 Å². The highest BCUT2D eigenvalue weighted by molar-refractivity contribution is 7.09. The van der Waals surface area contributed by atoms with Crippen LogP contribution in [-0.2, 0) is 6.54 Å². The maximum absolute atomic E-state index is 13.8. The summed E-state index contributed by atoms with van der Waals surface area (Å²) in [6.07, 6.45) is 0. The minimum absolute atomic E-state index is 0.129. The minimum Gasteiger partial charge on any atom is -0.367 e. The highest BCUT2D eigenvalue weighted by atomic mass is 32.1. The fourth-order valence-corrected chi connectivity index (χ4v) is 2.53. The number of anilines is 1. The van der Waals surface area contributed by atoms with Gasteiger partial charge in [-0.25, -0.2) is 13.8 Å². The van der Waals surface area contributed by atoms with E-state index in [0.717, 1.165) is 10.6 Å². The molecule has 19 heavy (non-hydrogen) atoms. The third-order valence-corrected chi connectivity index (χ3v) is 3.74. The molecule has 0 unspecified atom stereocenters. The lowest BCUT2D eigenvalue weighted by atomic mass is 10.2. The summed E-state index contributed by atoms with van der Waals surface area (Å²) in [5, 5.41) is 8.64. The molecule has 0 aliphatic carbocycles. The first-order valence-electron chi connectivity index (χ1n) is 5.52. The minimum atomic E-state index is -1.10. The van der Waals surface area contributed by atoms with Crippen LogP contribution in [-0.4, -0.2) is 12.0 Å². The van der Waals surface area contributed by atoms with Gasteiger partial charge in [-0.2, -0.15) is 5.26 Å². The quantitative estimate of drug-likeness (QED) is 0.866. The summed E-state index contributed by atoms with van der Waals surface area (Å²) in [5.74, 6) is -2.10.